The molecule has 0 fully saturated rings. The van der Waals surface area contributed by atoms with Crippen LogP contribution < -0.4 is 11.1 Å². The van der Waals surface area contributed by atoms with Gasteiger partial charge in [0.25, 0.3) is 0 Å². The zero-order valence-electron chi connectivity index (χ0n) is 9.34. The van der Waals surface area contributed by atoms with Gasteiger partial charge in [-0.3, -0.25) is 4.79 Å². The number of aromatic amines is 1. The highest BCUT2D eigenvalue weighted by molar-refractivity contribution is 5.81. The lowest BCUT2D eigenvalue weighted by molar-refractivity contribution is 0.563. The van der Waals surface area contributed by atoms with E-state index in [1.807, 2.05) is 12.1 Å². The first-order valence-corrected chi connectivity index (χ1v) is 5.46. The van der Waals surface area contributed by atoms with E-state index in [4.69, 9.17) is 4.42 Å². The van der Waals surface area contributed by atoms with Gasteiger partial charge in [-0.2, -0.15) is 0 Å². The first-order chi connectivity index (χ1) is 8.75. The third-order valence-electron chi connectivity index (χ3n) is 2.76. The third-order valence-corrected chi connectivity index (χ3v) is 2.76. The lowest BCUT2D eigenvalue weighted by atomic mass is 10.1. The molecular formula is C14H9NO3. The molecule has 4 heteroatoms. The Balaban J connectivity index is 2.37. The quantitative estimate of drug-likeness (QED) is 0.662. The molecule has 0 bridgehead atoms. The number of para-hydroxylation sites is 1. The zero-order chi connectivity index (χ0) is 12.5. The molecule has 0 spiro atoms. The summed E-state index contributed by atoms with van der Waals surface area (Å²) in [4.78, 5) is 26.4. The summed E-state index contributed by atoms with van der Waals surface area (Å²) in [6.45, 7) is 0. The molecule has 0 aliphatic rings. The highest BCUT2D eigenvalue weighted by Gasteiger charge is 2.09. The van der Waals surface area contributed by atoms with Crippen molar-refractivity contribution in [1.29, 1.82) is 0 Å². The minimum Gasteiger partial charge on any atom is -0.422 e. The summed E-state index contributed by atoms with van der Waals surface area (Å²) in [5.74, 6) is 0. The summed E-state index contributed by atoms with van der Waals surface area (Å²) in [6, 6.07) is 10.2. The molecule has 3 rings (SSSR count). The van der Waals surface area contributed by atoms with Crippen LogP contribution in [0, 0.1) is 0 Å². The number of fused-ring (bicyclic) bond motifs is 1. The molecule has 0 amide bonds. The Morgan fingerprint density at radius 2 is 1.83 bits per heavy atom. The number of H-pyrrole nitrogens is 1. The average molecular weight is 239 g/mol. The number of pyridine rings is 1. The number of hydrogen-bond donors (Lipinski definition) is 1. The van der Waals surface area contributed by atoms with Crippen molar-refractivity contribution in [3.05, 3.63) is 69.4 Å². The Kier molecular flexibility index (Phi) is 2.34. The number of benzene rings is 1. The molecule has 1 aromatic carbocycles. The van der Waals surface area contributed by atoms with E-state index in [1.165, 1.54) is 18.5 Å². The minimum absolute atomic E-state index is 0.212. The van der Waals surface area contributed by atoms with Crippen molar-refractivity contribution < 1.29 is 4.42 Å². The largest absolute Gasteiger partial charge is 0.422 e. The van der Waals surface area contributed by atoms with Crippen molar-refractivity contribution in [3.63, 3.8) is 0 Å². The topological polar surface area (TPSA) is 63.1 Å². The standard InChI is InChI=1S/C14H9NO3/c16-12-5-6-15-8-11(12)10-7-9-3-1-2-4-13(9)18-14(10)17/h1-8H,(H,15,16). The molecule has 18 heavy (non-hydrogen) atoms. The van der Waals surface area contributed by atoms with Crippen LogP contribution in [0.2, 0.25) is 0 Å². The van der Waals surface area contributed by atoms with Gasteiger partial charge >= 0.3 is 5.63 Å². The normalized spacial score (nSPS) is 10.7. The molecule has 2 heterocycles. The first-order valence-electron chi connectivity index (χ1n) is 5.46. The molecule has 0 radical (unpaired) electrons. The van der Waals surface area contributed by atoms with E-state index >= 15 is 0 Å². The van der Waals surface area contributed by atoms with Crippen LogP contribution in [0.3, 0.4) is 0 Å². The molecule has 0 saturated heterocycles. The lowest BCUT2D eigenvalue weighted by Crippen LogP contribution is -2.10. The minimum atomic E-state index is -0.509. The average Bonchev–Trinajstić information content (AvgIpc) is 2.39. The molecule has 88 valence electrons. The molecule has 0 unspecified atom stereocenters. The van der Waals surface area contributed by atoms with Crippen LogP contribution in [0.1, 0.15) is 0 Å². The van der Waals surface area contributed by atoms with Crippen molar-refractivity contribution in [2.75, 3.05) is 0 Å². The highest BCUT2D eigenvalue weighted by Crippen LogP contribution is 2.17. The Hall–Kier alpha value is -2.62. The molecule has 2 aromatic heterocycles. The maximum atomic E-state index is 11.9. The van der Waals surface area contributed by atoms with E-state index in [1.54, 1.807) is 18.2 Å². The highest BCUT2D eigenvalue weighted by atomic mass is 16.4. The molecule has 0 atom stereocenters. The van der Waals surface area contributed by atoms with Crippen molar-refractivity contribution >= 4 is 11.0 Å². The van der Waals surface area contributed by atoms with Crippen molar-refractivity contribution in [1.82, 2.24) is 4.98 Å². The fourth-order valence-electron chi connectivity index (χ4n) is 1.88. The predicted molar refractivity (Wildman–Crippen MR) is 68.5 cm³/mol. The van der Waals surface area contributed by atoms with Crippen LogP contribution in [-0.2, 0) is 0 Å². The molecular weight excluding hydrogens is 230 g/mol. The number of nitrogens with one attached hydrogen (secondary N) is 1. The van der Waals surface area contributed by atoms with E-state index in [9.17, 15) is 9.59 Å². The Bertz CT molecular complexity index is 830. The third kappa shape index (κ3) is 1.64. The van der Waals surface area contributed by atoms with Crippen molar-refractivity contribution in [2.24, 2.45) is 0 Å². The van der Waals surface area contributed by atoms with Gasteiger partial charge in [-0.05, 0) is 12.1 Å². The molecule has 3 aromatic rings. The van der Waals surface area contributed by atoms with Gasteiger partial charge in [0, 0.05) is 23.8 Å². The van der Waals surface area contributed by atoms with Gasteiger partial charge in [-0.1, -0.05) is 18.2 Å². The van der Waals surface area contributed by atoms with Crippen LogP contribution in [0.4, 0.5) is 0 Å². The number of rotatable bonds is 1. The van der Waals surface area contributed by atoms with Gasteiger partial charge in [-0.15, -0.1) is 0 Å². The van der Waals surface area contributed by atoms with Gasteiger partial charge < -0.3 is 9.40 Å². The molecule has 1 N–H and O–H groups in total. The maximum absolute atomic E-state index is 11.9. The first kappa shape index (κ1) is 10.5. The second kappa shape index (κ2) is 4.00. The monoisotopic (exact) mass is 239 g/mol. The van der Waals surface area contributed by atoms with Gasteiger partial charge in [0.2, 0.25) is 0 Å². The van der Waals surface area contributed by atoms with Crippen LogP contribution in [-0.4, -0.2) is 4.98 Å². The Morgan fingerprint density at radius 3 is 2.67 bits per heavy atom. The summed E-state index contributed by atoms with van der Waals surface area (Å²) in [6.07, 6.45) is 3.03. The SMILES string of the molecule is O=c1cc[nH]cc1-c1cc2ccccc2oc1=O. The van der Waals surface area contributed by atoms with Gasteiger partial charge in [0.1, 0.15) is 5.58 Å². The molecule has 0 aliphatic carbocycles. The number of hydrogen-bond acceptors (Lipinski definition) is 3. The summed E-state index contributed by atoms with van der Waals surface area (Å²) in [5.41, 5.74) is 0.382. The zero-order valence-corrected chi connectivity index (χ0v) is 9.34. The fourth-order valence-corrected chi connectivity index (χ4v) is 1.88. The second-order valence-electron chi connectivity index (χ2n) is 3.91. The van der Waals surface area contributed by atoms with E-state index in [0.717, 1.165) is 5.39 Å². The van der Waals surface area contributed by atoms with Crippen LogP contribution in [0.15, 0.2) is 62.8 Å². The smallest absolute Gasteiger partial charge is 0.344 e. The lowest BCUT2D eigenvalue weighted by Gasteiger charge is -2.01. The Morgan fingerprint density at radius 1 is 1.00 bits per heavy atom. The van der Waals surface area contributed by atoms with Gasteiger partial charge in [0.15, 0.2) is 5.43 Å². The van der Waals surface area contributed by atoms with E-state index in [2.05, 4.69) is 4.98 Å². The summed E-state index contributed by atoms with van der Waals surface area (Å²) in [7, 11) is 0. The summed E-state index contributed by atoms with van der Waals surface area (Å²) < 4.78 is 5.19. The van der Waals surface area contributed by atoms with Crippen LogP contribution in [0.5, 0.6) is 0 Å². The predicted octanol–water partition coefficient (Wildman–Crippen LogP) is 2.15. The Labute approximate surface area is 102 Å². The second-order valence-corrected chi connectivity index (χ2v) is 3.91. The fraction of sp³-hybridized carbons (Fsp3) is 0. The van der Waals surface area contributed by atoms with Crippen LogP contribution >= 0.6 is 0 Å². The van der Waals surface area contributed by atoms with E-state index in [-0.39, 0.29) is 11.0 Å². The maximum Gasteiger partial charge on any atom is 0.344 e. The van der Waals surface area contributed by atoms with Crippen molar-refractivity contribution in [3.8, 4) is 11.1 Å². The van der Waals surface area contributed by atoms with E-state index in [0.29, 0.717) is 11.1 Å². The van der Waals surface area contributed by atoms with Crippen molar-refractivity contribution in [2.45, 2.75) is 0 Å². The molecule has 0 saturated carbocycles. The van der Waals surface area contributed by atoms with Gasteiger partial charge in [0.05, 0.1) is 11.1 Å². The van der Waals surface area contributed by atoms with E-state index < -0.39 is 5.63 Å². The summed E-state index contributed by atoms with van der Waals surface area (Å²) >= 11 is 0. The molecule has 0 aliphatic heterocycles. The number of aromatic nitrogens is 1. The molecule has 4 nitrogen and oxygen atoms in total. The van der Waals surface area contributed by atoms with Gasteiger partial charge in [-0.25, -0.2) is 4.79 Å². The summed E-state index contributed by atoms with van der Waals surface area (Å²) in [5, 5.41) is 0.787. The van der Waals surface area contributed by atoms with Crippen LogP contribution in [0.25, 0.3) is 22.1 Å².